The van der Waals surface area contributed by atoms with Crippen molar-refractivity contribution in [1.82, 2.24) is 9.62 Å². The third kappa shape index (κ3) is 5.20. The highest BCUT2D eigenvalue weighted by molar-refractivity contribution is 7.89. The van der Waals surface area contributed by atoms with Gasteiger partial charge in [-0.3, -0.25) is 14.9 Å². The number of rotatable bonds is 7. The van der Waals surface area contributed by atoms with Gasteiger partial charge in [0.15, 0.2) is 0 Å². The molecule has 2 aliphatic rings. The topological polar surface area (TPSA) is 110 Å². The minimum Gasteiger partial charge on any atom is -0.349 e. The van der Waals surface area contributed by atoms with Crippen molar-refractivity contribution in [2.75, 3.05) is 13.1 Å². The molecule has 1 heterocycles. The fourth-order valence-corrected chi connectivity index (χ4v) is 6.16. The molecule has 0 spiro atoms. The maximum Gasteiger partial charge on any atom is 0.270 e. The second kappa shape index (κ2) is 9.40. The first-order valence-corrected chi connectivity index (χ1v) is 12.8. The molecule has 1 saturated carbocycles. The number of nitrogens with zero attached hydrogens (tertiary/aromatic N) is 2. The molecule has 0 radical (unpaired) electrons. The summed E-state index contributed by atoms with van der Waals surface area (Å²) in [5.74, 6) is 0.0640. The lowest BCUT2D eigenvalue weighted by Gasteiger charge is -2.32. The number of nitro groups is 1. The van der Waals surface area contributed by atoms with E-state index < -0.39 is 14.9 Å². The number of nitrogens with one attached hydrogen (secondary N) is 1. The van der Waals surface area contributed by atoms with Crippen molar-refractivity contribution in [1.29, 1.82) is 0 Å². The van der Waals surface area contributed by atoms with Crippen LogP contribution >= 0.6 is 11.6 Å². The molecule has 1 saturated heterocycles. The predicted molar refractivity (Wildman–Crippen MR) is 124 cm³/mol. The lowest BCUT2D eigenvalue weighted by Crippen LogP contribution is -2.44. The van der Waals surface area contributed by atoms with Crippen LogP contribution in [-0.4, -0.2) is 36.6 Å². The van der Waals surface area contributed by atoms with Gasteiger partial charge in [-0.25, -0.2) is 8.42 Å². The molecule has 1 aliphatic carbocycles. The Kier molecular flexibility index (Phi) is 6.74. The molecule has 33 heavy (non-hydrogen) atoms. The summed E-state index contributed by atoms with van der Waals surface area (Å²) in [7, 11) is -3.89. The van der Waals surface area contributed by atoms with E-state index >= 15 is 0 Å². The van der Waals surface area contributed by atoms with Gasteiger partial charge in [-0.15, -0.1) is 0 Å². The average molecular weight is 492 g/mol. The van der Waals surface area contributed by atoms with E-state index in [2.05, 4.69) is 5.32 Å². The summed E-state index contributed by atoms with van der Waals surface area (Å²) < 4.78 is 27.6. The monoisotopic (exact) mass is 491 g/mol. The summed E-state index contributed by atoms with van der Waals surface area (Å²) in [5, 5.41) is 14.9. The summed E-state index contributed by atoms with van der Waals surface area (Å²) in [6, 6.07) is 11.3. The van der Waals surface area contributed by atoms with Crippen molar-refractivity contribution in [2.45, 2.75) is 43.5 Å². The highest BCUT2D eigenvalue weighted by Crippen LogP contribution is 2.41. The Hall–Kier alpha value is -2.49. The van der Waals surface area contributed by atoms with Gasteiger partial charge in [-0.2, -0.15) is 4.31 Å². The summed E-state index contributed by atoms with van der Waals surface area (Å²) in [4.78, 5) is 23.4. The smallest absolute Gasteiger partial charge is 0.270 e. The summed E-state index contributed by atoms with van der Waals surface area (Å²) in [6.45, 7) is 2.00. The molecule has 1 aliphatic heterocycles. The standard InChI is InChI=1S/C23H26ClN3O5S/c1-15-2-9-20(27(29)30)14-21(15)33(31,32)26-12-10-18(11-13-26)23(28)25-22(16-3-4-16)17-5-7-19(24)8-6-17/h2,5-9,14,16,18,22H,3-4,10-13H2,1H3,(H,25,28)/t22-/m1/s1. The Morgan fingerprint density at radius 1 is 1.12 bits per heavy atom. The van der Waals surface area contributed by atoms with Crippen LogP contribution in [0.15, 0.2) is 47.4 Å². The molecule has 4 rings (SSSR count). The first-order valence-electron chi connectivity index (χ1n) is 11.0. The molecular weight excluding hydrogens is 466 g/mol. The van der Waals surface area contributed by atoms with Crippen LogP contribution in [0.1, 0.15) is 42.9 Å². The molecule has 1 atom stereocenters. The van der Waals surface area contributed by atoms with Crippen molar-refractivity contribution >= 4 is 33.2 Å². The molecule has 0 unspecified atom stereocenters. The molecular formula is C23H26ClN3O5S. The number of benzene rings is 2. The minimum atomic E-state index is -3.89. The van der Waals surface area contributed by atoms with E-state index in [9.17, 15) is 23.3 Å². The summed E-state index contributed by atoms with van der Waals surface area (Å²) >= 11 is 5.99. The number of aryl methyl sites for hydroxylation is 1. The third-order valence-electron chi connectivity index (χ3n) is 6.45. The van der Waals surface area contributed by atoms with Crippen molar-refractivity contribution in [3.63, 3.8) is 0 Å². The second-order valence-electron chi connectivity index (χ2n) is 8.76. The van der Waals surface area contributed by atoms with Crippen LogP contribution in [0.3, 0.4) is 0 Å². The quantitative estimate of drug-likeness (QED) is 0.460. The minimum absolute atomic E-state index is 0.0591. The van der Waals surface area contributed by atoms with Crippen LogP contribution in [0.2, 0.25) is 5.02 Å². The number of halogens is 1. The number of sulfonamides is 1. The lowest BCUT2D eigenvalue weighted by atomic mass is 9.95. The van der Waals surface area contributed by atoms with Crippen molar-refractivity contribution in [2.24, 2.45) is 11.8 Å². The van der Waals surface area contributed by atoms with Crippen LogP contribution in [-0.2, 0) is 14.8 Å². The fourth-order valence-electron chi connectivity index (χ4n) is 4.32. The van der Waals surface area contributed by atoms with E-state index in [-0.39, 0.29) is 41.5 Å². The molecule has 2 fully saturated rings. The number of non-ortho nitro benzene ring substituents is 1. The van der Waals surface area contributed by atoms with Gasteiger partial charge in [0, 0.05) is 36.2 Å². The first kappa shape index (κ1) is 23.7. The summed E-state index contributed by atoms with van der Waals surface area (Å²) in [5.41, 5.74) is 1.22. The van der Waals surface area contributed by atoms with E-state index in [0.717, 1.165) is 24.5 Å². The molecule has 8 nitrogen and oxygen atoms in total. The molecule has 1 N–H and O–H groups in total. The van der Waals surface area contributed by atoms with Gasteiger partial charge >= 0.3 is 0 Å². The van der Waals surface area contributed by atoms with E-state index in [0.29, 0.717) is 29.3 Å². The number of amides is 1. The van der Waals surface area contributed by atoms with Crippen LogP contribution in [0.25, 0.3) is 0 Å². The third-order valence-corrected chi connectivity index (χ3v) is 8.74. The first-order chi connectivity index (χ1) is 15.7. The van der Waals surface area contributed by atoms with Gasteiger partial charge in [0.2, 0.25) is 15.9 Å². The number of carbonyl (C=O) groups is 1. The Balaban J connectivity index is 1.42. The van der Waals surface area contributed by atoms with Gasteiger partial charge in [-0.05, 0) is 61.8 Å². The number of hydrogen-bond acceptors (Lipinski definition) is 5. The second-order valence-corrected chi connectivity index (χ2v) is 11.1. The SMILES string of the molecule is Cc1ccc([N+](=O)[O-])cc1S(=O)(=O)N1CCC(C(=O)N[C@@H](c2ccc(Cl)cc2)C2CC2)CC1. The van der Waals surface area contributed by atoms with E-state index in [1.807, 2.05) is 24.3 Å². The van der Waals surface area contributed by atoms with Crippen molar-refractivity contribution < 1.29 is 18.1 Å². The zero-order chi connectivity index (χ0) is 23.8. The summed E-state index contributed by atoms with van der Waals surface area (Å²) in [6.07, 6.45) is 2.92. The van der Waals surface area contributed by atoms with Gasteiger partial charge in [-0.1, -0.05) is 29.8 Å². The molecule has 10 heteroatoms. The van der Waals surface area contributed by atoms with Crippen LogP contribution in [0.5, 0.6) is 0 Å². The maximum atomic E-state index is 13.1. The van der Waals surface area contributed by atoms with Crippen LogP contribution < -0.4 is 5.32 Å². The molecule has 2 aromatic rings. The fraction of sp³-hybridized carbons (Fsp3) is 0.435. The molecule has 1 amide bonds. The van der Waals surface area contributed by atoms with Crippen LogP contribution in [0, 0.1) is 28.9 Å². The number of nitro benzene ring substituents is 1. The van der Waals surface area contributed by atoms with Gasteiger partial charge in [0.1, 0.15) is 0 Å². The van der Waals surface area contributed by atoms with Gasteiger partial charge in [0.05, 0.1) is 15.9 Å². The van der Waals surface area contributed by atoms with E-state index in [1.165, 1.54) is 16.4 Å². The Morgan fingerprint density at radius 2 is 1.76 bits per heavy atom. The average Bonchev–Trinajstić information content (AvgIpc) is 3.63. The molecule has 176 valence electrons. The molecule has 2 aromatic carbocycles. The Bertz CT molecular complexity index is 1160. The van der Waals surface area contributed by atoms with Crippen LogP contribution in [0.4, 0.5) is 5.69 Å². The normalized spacial score (nSPS) is 18.6. The molecule has 0 bridgehead atoms. The van der Waals surface area contributed by atoms with E-state index in [1.54, 1.807) is 6.92 Å². The predicted octanol–water partition coefficient (Wildman–Crippen LogP) is 4.22. The highest BCUT2D eigenvalue weighted by atomic mass is 35.5. The van der Waals surface area contributed by atoms with Crippen molar-refractivity contribution in [3.8, 4) is 0 Å². The molecule has 0 aromatic heterocycles. The van der Waals surface area contributed by atoms with Gasteiger partial charge in [0.25, 0.3) is 5.69 Å². The Morgan fingerprint density at radius 3 is 2.33 bits per heavy atom. The van der Waals surface area contributed by atoms with Gasteiger partial charge < -0.3 is 5.32 Å². The van der Waals surface area contributed by atoms with Crippen molar-refractivity contribution in [3.05, 3.63) is 68.7 Å². The number of carbonyl (C=O) groups excluding carboxylic acids is 1. The largest absolute Gasteiger partial charge is 0.349 e. The maximum absolute atomic E-state index is 13.1. The zero-order valence-electron chi connectivity index (χ0n) is 18.2. The van der Waals surface area contributed by atoms with E-state index in [4.69, 9.17) is 11.6 Å². The Labute approximate surface area is 198 Å². The number of hydrogen-bond donors (Lipinski definition) is 1. The highest BCUT2D eigenvalue weighted by Gasteiger charge is 2.37. The lowest BCUT2D eigenvalue weighted by molar-refractivity contribution is -0.385. The number of piperidine rings is 1. The zero-order valence-corrected chi connectivity index (χ0v) is 19.8.